The second-order valence-corrected chi connectivity index (χ2v) is 1.52. The van der Waals surface area contributed by atoms with Gasteiger partial charge in [-0.1, -0.05) is 0 Å². The largest absolute Gasteiger partial charge is 0.358 e. The van der Waals surface area contributed by atoms with Gasteiger partial charge < -0.3 is 6.42 Å². The Hall–Kier alpha value is -2.20. The SMILES string of the molecule is [C-]#CC#CC#CC#CC#CC#CC#C.[Zr]. The van der Waals surface area contributed by atoms with Gasteiger partial charge in [-0.2, -0.15) is 0 Å². The summed E-state index contributed by atoms with van der Waals surface area (Å²) >= 11 is 0. The second kappa shape index (κ2) is 14.3. The fraction of sp³-hybridized carbons (Fsp3) is 0. The summed E-state index contributed by atoms with van der Waals surface area (Å²) in [6, 6.07) is 0. The molecule has 0 nitrogen and oxygen atoms in total. The number of hydrogen-bond acceptors (Lipinski definition) is 0. The molecule has 0 amide bonds. The van der Waals surface area contributed by atoms with E-state index in [1.807, 2.05) is 5.92 Å². The quantitative estimate of drug-likeness (QED) is 0.432. The van der Waals surface area contributed by atoms with E-state index in [-0.39, 0.29) is 26.2 Å². The Morgan fingerprint density at radius 1 is 0.600 bits per heavy atom. The van der Waals surface area contributed by atoms with Crippen LogP contribution in [0.4, 0.5) is 0 Å². The first kappa shape index (κ1) is 15.3. The zero-order valence-electron chi connectivity index (χ0n) is 7.58. The van der Waals surface area contributed by atoms with Crippen molar-refractivity contribution < 1.29 is 26.2 Å². The van der Waals surface area contributed by atoms with Crippen LogP contribution in [0.3, 0.4) is 0 Å². The molecule has 62 valence electrons. The predicted molar refractivity (Wildman–Crippen MR) is 54.8 cm³/mol. The van der Waals surface area contributed by atoms with Crippen LogP contribution >= 0.6 is 0 Å². The number of terminal acetylenes is 1. The molecule has 0 heterocycles. The molecule has 0 bridgehead atoms. The van der Waals surface area contributed by atoms with E-state index in [4.69, 9.17) is 12.8 Å². The van der Waals surface area contributed by atoms with Crippen LogP contribution in [-0.4, -0.2) is 0 Å². The fourth-order valence-corrected chi connectivity index (χ4v) is 0.317. The molecule has 0 spiro atoms. The van der Waals surface area contributed by atoms with E-state index in [0.717, 1.165) is 0 Å². The van der Waals surface area contributed by atoms with Gasteiger partial charge in [0.15, 0.2) is 0 Å². The van der Waals surface area contributed by atoms with Gasteiger partial charge >= 0.3 is 0 Å². The van der Waals surface area contributed by atoms with Crippen LogP contribution in [0.1, 0.15) is 0 Å². The van der Waals surface area contributed by atoms with Crippen LogP contribution in [0, 0.1) is 83.9 Å². The molecule has 0 atom stereocenters. The van der Waals surface area contributed by atoms with Gasteiger partial charge in [-0.15, -0.1) is 12.3 Å². The summed E-state index contributed by atoms with van der Waals surface area (Å²) in [6.07, 6.45) is 11.3. The van der Waals surface area contributed by atoms with Crippen LogP contribution in [0.2, 0.25) is 0 Å². The average molecular weight is 260 g/mol. The first-order chi connectivity index (χ1) is 6.91. The third kappa shape index (κ3) is 14.6. The van der Waals surface area contributed by atoms with Crippen molar-refractivity contribution in [2.75, 3.05) is 0 Å². The van der Waals surface area contributed by atoms with Crippen LogP contribution in [0.15, 0.2) is 0 Å². The average Bonchev–Trinajstić information content (AvgIpc) is 2.21. The van der Waals surface area contributed by atoms with Crippen molar-refractivity contribution in [2.45, 2.75) is 0 Å². The summed E-state index contributed by atoms with van der Waals surface area (Å²) in [7, 11) is 0. The third-order valence-electron chi connectivity index (χ3n) is 0.697. The summed E-state index contributed by atoms with van der Waals surface area (Å²) < 4.78 is 0. The first-order valence-corrected chi connectivity index (χ1v) is 3.29. The molecule has 0 aliphatic heterocycles. The van der Waals surface area contributed by atoms with E-state index in [9.17, 15) is 0 Å². The molecular weight excluding hydrogens is 259 g/mol. The van der Waals surface area contributed by atoms with Crippen molar-refractivity contribution in [1.82, 2.24) is 0 Å². The molecule has 0 N–H and O–H groups in total. The fourth-order valence-electron chi connectivity index (χ4n) is 0.317. The van der Waals surface area contributed by atoms with Crippen molar-refractivity contribution in [3.8, 4) is 77.5 Å². The topological polar surface area (TPSA) is 0 Å². The van der Waals surface area contributed by atoms with Gasteiger partial charge in [-0.25, -0.2) is 5.92 Å². The third-order valence-corrected chi connectivity index (χ3v) is 0.697. The van der Waals surface area contributed by atoms with Gasteiger partial charge in [0.1, 0.15) is 0 Å². The molecule has 0 aromatic rings. The molecule has 0 rings (SSSR count). The minimum atomic E-state index is 0. The van der Waals surface area contributed by atoms with Crippen LogP contribution in [0.25, 0.3) is 0 Å². The molecule has 0 unspecified atom stereocenters. The van der Waals surface area contributed by atoms with E-state index in [1.54, 1.807) is 0 Å². The van der Waals surface area contributed by atoms with Crippen molar-refractivity contribution in [2.24, 2.45) is 0 Å². The Kier molecular flexibility index (Phi) is 14.6. The summed E-state index contributed by atoms with van der Waals surface area (Å²) in [4.78, 5) is 0. The minimum Gasteiger partial charge on any atom is -0.358 e. The Balaban J connectivity index is 0. The minimum absolute atomic E-state index is 0. The smallest absolute Gasteiger partial charge is 0 e. The van der Waals surface area contributed by atoms with Gasteiger partial charge in [0.2, 0.25) is 0 Å². The van der Waals surface area contributed by atoms with Crippen LogP contribution in [0.5, 0.6) is 0 Å². The first-order valence-electron chi connectivity index (χ1n) is 3.29. The Morgan fingerprint density at radius 2 is 0.933 bits per heavy atom. The molecule has 0 radical (unpaired) electrons. The normalized spacial score (nSPS) is 3.33. The van der Waals surface area contributed by atoms with Gasteiger partial charge in [-0.05, 0) is 53.3 Å². The maximum absolute atomic E-state index is 6.43. The summed E-state index contributed by atoms with van der Waals surface area (Å²) in [5.74, 6) is 27.7. The molecule has 0 saturated heterocycles. The van der Waals surface area contributed by atoms with Crippen molar-refractivity contribution in [3.05, 3.63) is 6.42 Å². The van der Waals surface area contributed by atoms with Crippen LogP contribution < -0.4 is 0 Å². The maximum Gasteiger partial charge on any atom is 0 e. The number of hydrogen-bond donors (Lipinski definition) is 0. The Morgan fingerprint density at radius 3 is 1.27 bits per heavy atom. The van der Waals surface area contributed by atoms with E-state index in [1.165, 1.54) is 0 Å². The molecule has 0 aromatic heterocycles. The summed E-state index contributed by atoms with van der Waals surface area (Å²) in [5, 5.41) is 0. The molecule has 0 aromatic carbocycles. The summed E-state index contributed by atoms with van der Waals surface area (Å²) in [6.45, 7) is 0. The van der Waals surface area contributed by atoms with E-state index < -0.39 is 0 Å². The van der Waals surface area contributed by atoms with Gasteiger partial charge in [0.25, 0.3) is 0 Å². The molecular formula is C14HZr-. The van der Waals surface area contributed by atoms with Gasteiger partial charge in [0, 0.05) is 26.2 Å². The van der Waals surface area contributed by atoms with Crippen molar-refractivity contribution >= 4 is 0 Å². The molecule has 0 aliphatic carbocycles. The molecule has 0 aliphatic rings. The monoisotopic (exact) mass is 259 g/mol. The molecule has 0 fully saturated rings. The van der Waals surface area contributed by atoms with Crippen LogP contribution in [-0.2, 0) is 26.2 Å². The van der Waals surface area contributed by atoms with E-state index >= 15 is 0 Å². The Bertz CT molecular complexity index is 526. The van der Waals surface area contributed by atoms with Gasteiger partial charge in [-0.3, -0.25) is 5.92 Å². The van der Waals surface area contributed by atoms with E-state index in [2.05, 4.69) is 65.1 Å². The zero-order valence-corrected chi connectivity index (χ0v) is 10.0. The van der Waals surface area contributed by atoms with Crippen molar-refractivity contribution in [1.29, 1.82) is 0 Å². The summed E-state index contributed by atoms with van der Waals surface area (Å²) in [5.41, 5.74) is 0. The zero-order chi connectivity index (χ0) is 10.5. The second-order valence-electron chi connectivity index (χ2n) is 1.52. The standard InChI is InChI=1S/C14H.Zr/c1-3-5-7-9-11-13-14-12-10-8-6-4-2;/h1H;/q-1;. The van der Waals surface area contributed by atoms with Crippen molar-refractivity contribution in [3.63, 3.8) is 0 Å². The molecule has 15 heavy (non-hydrogen) atoms. The van der Waals surface area contributed by atoms with Gasteiger partial charge in [0.05, 0.1) is 0 Å². The van der Waals surface area contributed by atoms with E-state index in [0.29, 0.717) is 0 Å². The molecule has 0 saturated carbocycles. The molecule has 1 heteroatoms. The predicted octanol–water partition coefficient (Wildman–Crippen LogP) is 0.224. The number of rotatable bonds is 0. The Labute approximate surface area is 110 Å². The maximum atomic E-state index is 6.43.